The topological polar surface area (TPSA) is 98.2 Å². The van der Waals surface area contributed by atoms with Gasteiger partial charge in [-0.3, -0.25) is 4.79 Å². The predicted octanol–water partition coefficient (Wildman–Crippen LogP) is 4.12. The van der Waals surface area contributed by atoms with E-state index >= 15 is 0 Å². The van der Waals surface area contributed by atoms with Crippen LogP contribution in [0, 0.1) is 0 Å². The summed E-state index contributed by atoms with van der Waals surface area (Å²) >= 11 is 0. The Balaban J connectivity index is 1.48. The van der Waals surface area contributed by atoms with Crippen LogP contribution in [-0.2, 0) is 13.0 Å². The molecular formula is C29H28N6O3. The molecule has 2 aromatic heterocycles. The van der Waals surface area contributed by atoms with E-state index in [-0.39, 0.29) is 5.56 Å². The number of nitrogens with one attached hydrogen (secondary N) is 1. The summed E-state index contributed by atoms with van der Waals surface area (Å²) in [5.74, 6) is 2.14. The molecule has 0 fully saturated rings. The van der Waals surface area contributed by atoms with Gasteiger partial charge in [-0.25, -0.2) is 4.68 Å². The number of pyridine rings is 1. The number of methoxy groups -OCH3 is 1. The van der Waals surface area contributed by atoms with Gasteiger partial charge in [0.25, 0.3) is 5.56 Å². The van der Waals surface area contributed by atoms with E-state index in [1.807, 2.05) is 67.6 Å². The number of aromatic amines is 1. The fourth-order valence-corrected chi connectivity index (χ4v) is 5.16. The zero-order chi connectivity index (χ0) is 26.1. The van der Waals surface area contributed by atoms with Crippen molar-refractivity contribution in [1.29, 1.82) is 0 Å². The van der Waals surface area contributed by atoms with Crippen LogP contribution < -0.4 is 19.9 Å². The number of hydrogen-bond donors (Lipinski definition) is 1. The zero-order valence-corrected chi connectivity index (χ0v) is 21.3. The highest BCUT2D eigenvalue weighted by molar-refractivity contribution is 5.81. The minimum Gasteiger partial charge on any atom is -0.497 e. The van der Waals surface area contributed by atoms with E-state index in [0.717, 1.165) is 46.6 Å². The molecular weight excluding hydrogens is 480 g/mol. The number of H-pyrrole nitrogens is 1. The van der Waals surface area contributed by atoms with Crippen LogP contribution >= 0.6 is 0 Å². The van der Waals surface area contributed by atoms with Gasteiger partial charge in [0, 0.05) is 28.7 Å². The Labute approximate surface area is 219 Å². The molecule has 5 aromatic rings. The van der Waals surface area contributed by atoms with Crippen molar-refractivity contribution in [3.8, 4) is 11.5 Å². The first-order valence-electron chi connectivity index (χ1n) is 12.7. The number of para-hydroxylation sites is 1. The van der Waals surface area contributed by atoms with Crippen LogP contribution in [0.1, 0.15) is 35.5 Å². The molecule has 1 atom stereocenters. The number of fused-ring (bicyclic) bond motifs is 2. The van der Waals surface area contributed by atoms with Crippen molar-refractivity contribution < 1.29 is 9.47 Å². The lowest BCUT2D eigenvalue weighted by molar-refractivity contribution is 0.340. The van der Waals surface area contributed by atoms with E-state index in [9.17, 15) is 4.79 Å². The lowest BCUT2D eigenvalue weighted by atomic mass is 10.0. The SMILES string of the molecule is CCOc1ccc2[nH]c(=O)c([C@@H](c3nnnn3Cc3ccc(OC)cc3)N3CCc4ccccc43)cc2c1. The van der Waals surface area contributed by atoms with Crippen molar-refractivity contribution in [2.75, 3.05) is 25.2 Å². The van der Waals surface area contributed by atoms with Gasteiger partial charge in [-0.2, -0.15) is 0 Å². The predicted molar refractivity (Wildman–Crippen MR) is 145 cm³/mol. The Morgan fingerprint density at radius 2 is 1.84 bits per heavy atom. The molecule has 0 spiro atoms. The summed E-state index contributed by atoms with van der Waals surface area (Å²) in [6.07, 6.45) is 0.882. The van der Waals surface area contributed by atoms with Crippen LogP contribution in [0.15, 0.2) is 77.6 Å². The van der Waals surface area contributed by atoms with Crippen molar-refractivity contribution in [1.82, 2.24) is 25.2 Å². The van der Waals surface area contributed by atoms with Crippen LogP contribution in [0.25, 0.3) is 10.9 Å². The molecule has 1 aliphatic heterocycles. The van der Waals surface area contributed by atoms with Crippen LogP contribution in [0.5, 0.6) is 11.5 Å². The van der Waals surface area contributed by atoms with E-state index in [0.29, 0.717) is 24.5 Å². The molecule has 3 aromatic carbocycles. The lowest BCUT2D eigenvalue weighted by Gasteiger charge is -2.29. The second-order valence-corrected chi connectivity index (χ2v) is 9.25. The molecule has 0 bridgehead atoms. The highest BCUT2D eigenvalue weighted by Gasteiger charge is 2.34. The number of aromatic nitrogens is 5. The average Bonchev–Trinajstić information content (AvgIpc) is 3.58. The maximum atomic E-state index is 13.6. The molecule has 0 aliphatic carbocycles. The maximum Gasteiger partial charge on any atom is 0.254 e. The summed E-state index contributed by atoms with van der Waals surface area (Å²) in [6, 6.07) is 23.2. The molecule has 38 heavy (non-hydrogen) atoms. The third-order valence-electron chi connectivity index (χ3n) is 6.98. The first-order valence-corrected chi connectivity index (χ1v) is 12.7. The molecule has 6 rings (SSSR count). The van der Waals surface area contributed by atoms with Crippen molar-refractivity contribution in [2.24, 2.45) is 0 Å². The van der Waals surface area contributed by atoms with E-state index in [2.05, 4.69) is 37.5 Å². The molecule has 1 aliphatic rings. The van der Waals surface area contributed by atoms with E-state index in [1.165, 1.54) is 5.56 Å². The number of hydrogen-bond acceptors (Lipinski definition) is 7. The molecule has 0 saturated carbocycles. The normalized spacial score (nSPS) is 13.5. The number of ether oxygens (including phenoxy) is 2. The third kappa shape index (κ3) is 4.36. The monoisotopic (exact) mass is 508 g/mol. The molecule has 192 valence electrons. The fraction of sp³-hybridized carbons (Fsp3) is 0.241. The first-order chi connectivity index (χ1) is 18.6. The molecule has 0 radical (unpaired) electrons. The highest BCUT2D eigenvalue weighted by Crippen LogP contribution is 2.37. The van der Waals surface area contributed by atoms with Gasteiger partial charge in [0.15, 0.2) is 5.82 Å². The highest BCUT2D eigenvalue weighted by atomic mass is 16.5. The quantitative estimate of drug-likeness (QED) is 0.337. The van der Waals surface area contributed by atoms with Crippen LogP contribution in [-0.4, -0.2) is 45.5 Å². The van der Waals surface area contributed by atoms with Crippen LogP contribution in [0.4, 0.5) is 5.69 Å². The molecule has 0 amide bonds. The average molecular weight is 509 g/mol. The molecule has 3 heterocycles. The van der Waals surface area contributed by atoms with Crippen molar-refractivity contribution in [3.05, 3.63) is 106 Å². The Morgan fingerprint density at radius 3 is 2.66 bits per heavy atom. The van der Waals surface area contributed by atoms with Crippen LogP contribution in [0.3, 0.4) is 0 Å². The second-order valence-electron chi connectivity index (χ2n) is 9.25. The minimum atomic E-state index is -0.490. The van der Waals surface area contributed by atoms with Gasteiger partial charge in [-0.1, -0.05) is 30.3 Å². The second kappa shape index (κ2) is 10.0. The van der Waals surface area contributed by atoms with Crippen LogP contribution in [0.2, 0.25) is 0 Å². The summed E-state index contributed by atoms with van der Waals surface area (Å²) < 4.78 is 12.8. The Morgan fingerprint density at radius 1 is 1.03 bits per heavy atom. The number of tetrazole rings is 1. The summed E-state index contributed by atoms with van der Waals surface area (Å²) in [7, 11) is 1.64. The van der Waals surface area contributed by atoms with Gasteiger partial charge in [-0.05, 0) is 77.4 Å². The first kappa shape index (κ1) is 23.7. The number of benzene rings is 3. The fourth-order valence-electron chi connectivity index (χ4n) is 5.16. The van der Waals surface area contributed by atoms with Gasteiger partial charge >= 0.3 is 0 Å². The van der Waals surface area contributed by atoms with Gasteiger partial charge in [-0.15, -0.1) is 5.10 Å². The minimum absolute atomic E-state index is 0.171. The van der Waals surface area contributed by atoms with E-state index in [4.69, 9.17) is 9.47 Å². The third-order valence-corrected chi connectivity index (χ3v) is 6.98. The molecule has 9 heteroatoms. The Bertz CT molecular complexity index is 1640. The van der Waals surface area contributed by atoms with Gasteiger partial charge in [0.2, 0.25) is 0 Å². The molecule has 9 nitrogen and oxygen atoms in total. The van der Waals surface area contributed by atoms with E-state index < -0.39 is 6.04 Å². The van der Waals surface area contributed by atoms with E-state index in [1.54, 1.807) is 11.8 Å². The summed E-state index contributed by atoms with van der Waals surface area (Å²) in [6.45, 7) is 3.72. The largest absolute Gasteiger partial charge is 0.497 e. The van der Waals surface area contributed by atoms with Gasteiger partial charge in [0.05, 0.1) is 20.3 Å². The van der Waals surface area contributed by atoms with Crippen molar-refractivity contribution in [3.63, 3.8) is 0 Å². The summed E-state index contributed by atoms with van der Waals surface area (Å²) in [5, 5.41) is 13.7. The zero-order valence-electron chi connectivity index (χ0n) is 21.3. The van der Waals surface area contributed by atoms with Gasteiger partial charge in [0.1, 0.15) is 17.5 Å². The number of anilines is 1. The van der Waals surface area contributed by atoms with Gasteiger partial charge < -0.3 is 19.4 Å². The molecule has 1 N–H and O–H groups in total. The smallest absolute Gasteiger partial charge is 0.254 e. The Hall–Kier alpha value is -4.66. The Kier molecular flexibility index (Phi) is 6.25. The van der Waals surface area contributed by atoms with Crippen molar-refractivity contribution in [2.45, 2.75) is 25.9 Å². The summed E-state index contributed by atoms with van der Waals surface area (Å²) in [5.41, 5.74) is 4.50. The standard InChI is InChI=1S/C29H28N6O3/c1-3-38-23-12-13-25-21(16-23)17-24(29(36)30-25)27(34-15-14-20-6-4-5-7-26(20)34)28-31-32-33-35(28)18-19-8-10-22(37-2)11-9-19/h4-13,16-17,27H,3,14-15,18H2,1-2H3,(H,30,36)/t27-/m0/s1. The maximum absolute atomic E-state index is 13.6. The number of nitrogens with zero attached hydrogens (tertiary/aromatic N) is 5. The number of rotatable bonds is 8. The molecule has 0 unspecified atom stereocenters. The molecule has 0 saturated heterocycles. The summed E-state index contributed by atoms with van der Waals surface area (Å²) in [4.78, 5) is 18.9. The van der Waals surface area contributed by atoms with Crippen molar-refractivity contribution >= 4 is 16.6 Å². The lowest BCUT2D eigenvalue weighted by Crippen LogP contribution is -2.34.